The lowest BCUT2D eigenvalue weighted by molar-refractivity contribution is -0.272. The summed E-state index contributed by atoms with van der Waals surface area (Å²) in [5.41, 5.74) is -1.27. The molecule has 3 aromatic carbocycles. The van der Waals surface area contributed by atoms with Gasteiger partial charge in [-0.25, -0.2) is 0 Å². The van der Waals surface area contributed by atoms with Crippen molar-refractivity contribution < 1.29 is 37.7 Å². The topological polar surface area (TPSA) is 108 Å². The maximum absolute atomic E-state index is 14.8. The Kier molecular flexibility index (Phi) is 8.85. The molecule has 1 fully saturated rings. The minimum Gasteiger partial charge on any atom is -0.497 e. The second-order valence-corrected chi connectivity index (χ2v) is 11.0. The Morgan fingerprint density at radius 1 is 1.00 bits per heavy atom. The maximum atomic E-state index is 14.8. The number of nitriles is 1. The summed E-state index contributed by atoms with van der Waals surface area (Å²) < 4.78 is 57.2. The largest absolute Gasteiger partial charge is 0.497 e. The second kappa shape index (κ2) is 12.6. The average molecular weight is 608 g/mol. The molecule has 4 aromatic rings. The Bertz CT molecular complexity index is 1650. The highest BCUT2D eigenvalue weighted by molar-refractivity contribution is 5.86. The molecule has 1 aliphatic rings. The van der Waals surface area contributed by atoms with E-state index in [2.05, 4.69) is 0 Å². The van der Waals surface area contributed by atoms with E-state index in [0.717, 1.165) is 5.56 Å². The molecule has 1 aromatic heterocycles. The fraction of sp³-hybridized carbons (Fsp3) is 0.333. The molecule has 230 valence electrons. The number of aliphatic hydroxyl groups is 1. The van der Waals surface area contributed by atoms with Crippen molar-refractivity contribution in [2.24, 2.45) is 0 Å². The number of hydrogen-bond acceptors (Lipinski definition) is 6. The third-order valence-corrected chi connectivity index (χ3v) is 8.01. The lowest BCUT2D eigenvalue weighted by Crippen LogP contribution is -2.53. The van der Waals surface area contributed by atoms with Crippen LogP contribution in [0.4, 0.5) is 13.2 Å². The Morgan fingerprint density at radius 2 is 1.64 bits per heavy atom. The first kappa shape index (κ1) is 30.9. The van der Waals surface area contributed by atoms with Crippen molar-refractivity contribution in [3.8, 4) is 17.6 Å². The zero-order valence-electron chi connectivity index (χ0n) is 24.1. The number of alkyl halides is 3. The van der Waals surface area contributed by atoms with E-state index < -0.39 is 24.3 Å². The first-order valence-electron chi connectivity index (χ1n) is 14.1. The van der Waals surface area contributed by atoms with Crippen molar-refractivity contribution in [3.63, 3.8) is 0 Å². The molecule has 11 heteroatoms. The van der Waals surface area contributed by atoms with Crippen LogP contribution in [0.5, 0.6) is 11.5 Å². The molecule has 8 nitrogen and oxygen atoms in total. The van der Waals surface area contributed by atoms with Gasteiger partial charge < -0.3 is 24.3 Å². The lowest BCUT2D eigenvalue weighted by atomic mass is 9.90. The molecule has 5 rings (SSSR count). The lowest BCUT2D eigenvalue weighted by Gasteiger charge is -2.39. The predicted octanol–water partition coefficient (Wildman–Crippen LogP) is 5.49. The van der Waals surface area contributed by atoms with E-state index in [-0.39, 0.29) is 43.1 Å². The van der Waals surface area contributed by atoms with Crippen molar-refractivity contribution in [1.82, 2.24) is 9.47 Å². The smallest absolute Gasteiger partial charge is 0.422 e. The van der Waals surface area contributed by atoms with E-state index in [1.165, 1.54) is 24.4 Å². The van der Waals surface area contributed by atoms with Gasteiger partial charge in [-0.1, -0.05) is 30.3 Å². The number of ether oxygens (including phenoxy) is 2. The molecule has 1 aliphatic heterocycles. The van der Waals surface area contributed by atoms with Crippen LogP contribution in [0.2, 0.25) is 0 Å². The van der Waals surface area contributed by atoms with Crippen molar-refractivity contribution in [2.75, 3.05) is 26.7 Å². The van der Waals surface area contributed by atoms with E-state index in [4.69, 9.17) is 14.6 Å². The summed E-state index contributed by atoms with van der Waals surface area (Å²) >= 11 is 0. The van der Waals surface area contributed by atoms with E-state index in [0.29, 0.717) is 41.0 Å². The zero-order valence-corrected chi connectivity index (χ0v) is 24.1. The second-order valence-electron chi connectivity index (χ2n) is 11.0. The van der Waals surface area contributed by atoms with Crippen LogP contribution in [0.1, 0.15) is 35.1 Å². The fourth-order valence-electron chi connectivity index (χ4n) is 5.64. The molecule has 1 atom stereocenters. The SMILES string of the molecule is COc1ccc(Cn2cc(C(O)(CN3CCC(Oc4ccc(CC(=O)O)cc4)CC3)C(F)(F)F)c3ccc(C#N)cc32)cc1. The molecule has 0 bridgehead atoms. The Hall–Kier alpha value is -4.53. The van der Waals surface area contributed by atoms with Crippen LogP contribution in [-0.2, 0) is 23.4 Å². The van der Waals surface area contributed by atoms with Gasteiger partial charge in [0.05, 0.1) is 30.7 Å². The number of methoxy groups -OCH3 is 1. The number of carboxylic acids is 1. The number of aliphatic carboxylic acids is 1. The molecule has 44 heavy (non-hydrogen) atoms. The van der Waals surface area contributed by atoms with Gasteiger partial charge in [0.15, 0.2) is 0 Å². The Balaban J connectivity index is 1.36. The van der Waals surface area contributed by atoms with Crippen LogP contribution in [0, 0.1) is 11.3 Å². The van der Waals surface area contributed by atoms with Gasteiger partial charge in [-0.15, -0.1) is 0 Å². The first-order chi connectivity index (χ1) is 21.0. The van der Waals surface area contributed by atoms with Gasteiger partial charge in [0.2, 0.25) is 5.60 Å². The number of rotatable bonds is 10. The standard InChI is InChI=1S/C33H32F3N3O5/c1-43-25-7-4-23(5-8-25)19-39-20-29(28-11-6-24(18-37)16-30(28)39)32(42,33(34,35)36)21-38-14-12-27(13-15-38)44-26-9-2-22(3-10-26)17-31(40)41/h2-11,16,20,27,42H,12-15,17,19,21H2,1H3,(H,40,41). The molecular formula is C33H32F3N3O5. The maximum Gasteiger partial charge on any atom is 0.422 e. The van der Waals surface area contributed by atoms with Crippen LogP contribution in [-0.4, -0.2) is 64.7 Å². The molecule has 0 amide bonds. The minimum atomic E-state index is -4.98. The number of carboxylic acid groups (broad SMARTS) is 1. The third-order valence-electron chi connectivity index (χ3n) is 8.01. The monoisotopic (exact) mass is 607 g/mol. The number of nitrogens with zero attached hydrogens (tertiary/aromatic N) is 3. The summed E-state index contributed by atoms with van der Waals surface area (Å²) in [7, 11) is 1.54. The summed E-state index contributed by atoms with van der Waals surface area (Å²) in [5.74, 6) is 0.275. The van der Waals surface area contributed by atoms with Gasteiger partial charge >= 0.3 is 12.1 Å². The number of piperidine rings is 1. The molecule has 0 radical (unpaired) electrons. The van der Waals surface area contributed by atoms with Crippen LogP contribution < -0.4 is 9.47 Å². The zero-order chi connectivity index (χ0) is 31.5. The van der Waals surface area contributed by atoms with Gasteiger partial charge in [-0.3, -0.25) is 9.69 Å². The number of hydrogen-bond donors (Lipinski definition) is 2. The molecule has 1 saturated heterocycles. The number of β-amino-alcohol motifs (C(OH)–C–C–N with tert-alkyl or cyclic N) is 1. The Labute approximate surface area is 252 Å². The van der Waals surface area contributed by atoms with E-state index in [1.54, 1.807) is 53.0 Å². The van der Waals surface area contributed by atoms with Crippen LogP contribution in [0.25, 0.3) is 10.9 Å². The predicted molar refractivity (Wildman–Crippen MR) is 157 cm³/mol. The quantitative estimate of drug-likeness (QED) is 0.246. The van der Waals surface area contributed by atoms with Gasteiger partial charge in [-0.05, 0) is 60.4 Å². The summed E-state index contributed by atoms with van der Waals surface area (Å²) in [4.78, 5) is 12.5. The number of likely N-dealkylation sites (tertiary alicyclic amines) is 1. The number of halogens is 3. The van der Waals surface area contributed by atoms with Crippen molar-refractivity contribution in [3.05, 3.63) is 95.2 Å². The van der Waals surface area contributed by atoms with Crippen molar-refractivity contribution >= 4 is 16.9 Å². The molecule has 0 spiro atoms. The molecule has 2 heterocycles. The third kappa shape index (κ3) is 6.67. The van der Waals surface area contributed by atoms with E-state index in [1.807, 2.05) is 18.2 Å². The number of fused-ring (bicyclic) bond motifs is 1. The summed E-state index contributed by atoms with van der Waals surface area (Å²) in [6.45, 7) is 0.130. The highest BCUT2D eigenvalue weighted by Gasteiger charge is 2.57. The summed E-state index contributed by atoms with van der Waals surface area (Å²) in [6, 6.07) is 20.4. The number of carbonyl (C=O) groups is 1. The number of benzene rings is 3. The number of aromatic nitrogens is 1. The average Bonchev–Trinajstić information content (AvgIpc) is 3.36. The first-order valence-corrected chi connectivity index (χ1v) is 14.1. The van der Waals surface area contributed by atoms with Crippen LogP contribution in [0.15, 0.2) is 72.9 Å². The highest BCUT2D eigenvalue weighted by Crippen LogP contribution is 2.44. The molecule has 2 N–H and O–H groups in total. The van der Waals surface area contributed by atoms with Gasteiger partial charge in [0, 0.05) is 43.3 Å². The summed E-state index contributed by atoms with van der Waals surface area (Å²) in [5, 5.41) is 30.1. The minimum absolute atomic E-state index is 0.0968. The summed E-state index contributed by atoms with van der Waals surface area (Å²) in [6.07, 6.45) is -3.06. The van der Waals surface area contributed by atoms with Crippen LogP contribution in [0.3, 0.4) is 0 Å². The molecule has 0 aliphatic carbocycles. The van der Waals surface area contributed by atoms with Crippen LogP contribution >= 0.6 is 0 Å². The molecular weight excluding hydrogens is 575 g/mol. The normalized spacial score (nSPS) is 15.9. The van der Waals surface area contributed by atoms with E-state index in [9.17, 15) is 28.3 Å². The van der Waals surface area contributed by atoms with Crippen molar-refractivity contribution in [1.29, 1.82) is 5.26 Å². The van der Waals surface area contributed by atoms with Gasteiger partial charge in [-0.2, -0.15) is 18.4 Å². The fourth-order valence-corrected chi connectivity index (χ4v) is 5.64. The van der Waals surface area contributed by atoms with Gasteiger partial charge in [0.1, 0.15) is 17.6 Å². The van der Waals surface area contributed by atoms with Crippen molar-refractivity contribution in [2.45, 2.75) is 43.7 Å². The Morgan fingerprint density at radius 3 is 2.23 bits per heavy atom. The molecule has 0 saturated carbocycles. The molecule has 1 unspecified atom stereocenters. The van der Waals surface area contributed by atoms with Gasteiger partial charge in [0.25, 0.3) is 0 Å². The highest BCUT2D eigenvalue weighted by atomic mass is 19.4. The van der Waals surface area contributed by atoms with E-state index >= 15 is 0 Å².